The van der Waals surface area contributed by atoms with E-state index >= 15 is 0 Å². The Morgan fingerprint density at radius 3 is 2.67 bits per heavy atom. The Labute approximate surface area is 163 Å². The summed E-state index contributed by atoms with van der Waals surface area (Å²) in [6.07, 6.45) is 5.74. The highest BCUT2D eigenvalue weighted by Gasteiger charge is 2.28. The van der Waals surface area contributed by atoms with Crippen LogP contribution in [-0.2, 0) is 4.79 Å². The lowest BCUT2D eigenvalue weighted by atomic mass is 9.82. The molecule has 0 radical (unpaired) electrons. The lowest BCUT2D eigenvalue weighted by Gasteiger charge is -2.32. The number of rotatable bonds is 12. The lowest BCUT2D eigenvalue weighted by Crippen LogP contribution is -2.35. The summed E-state index contributed by atoms with van der Waals surface area (Å²) in [6.45, 7) is 7.92. The van der Waals surface area contributed by atoms with Crippen LogP contribution in [0.5, 0.6) is 5.75 Å². The third-order valence-corrected chi connectivity index (χ3v) is 4.99. The van der Waals surface area contributed by atoms with E-state index in [1.807, 2.05) is 0 Å². The van der Waals surface area contributed by atoms with Crippen LogP contribution in [0.3, 0.4) is 0 Å². The molecule has 0 bridgehead atoms. The van der Waals surface area contributed by atoms with Crippen molar-refractivity contribution in [3.8, 4) is 5.75 Å². The highest BCUT2D eigenvalue weighted by molar-refractivity contribution is 5.80. The monoisotopic (exact) mass is 378 g/mol. The van der Waals surface area contributed by atoms with E-state index in [-0.39, 0.29) is 23.1 Å². The number of carbonyl (C=O) groups excluding carboxylic acids is 1. The minimum Gasteiger partial charge on any atom is -0.490 e. The Balaban J connectivity index is 1.98. The van der Waals surface area contributed by atoms with Crippen LogP contribution in [-0.4, -0.2) is 25.5 Å². The molecule has 0 aliphatic heterocycles. The van der Waals surface area contributed by atoms with Gasteiger partial charge in [-0.15, -0.1) is 0 Å². The van der Waals surface area contributed by atoms with Gasteiger partial charge in [-0.3, -0.25) is 4.79 Å². The molecular formula is C22H35FN2O2. The second-order valence-corrected chi connectivity index (χ2v) is 8.76. The molecule has 4 nitrogen and oxygen atoms in total. The second kappa shape index (κ2) is 10.2. The summed E-state index contributed by atoms with van der Waals surface area (Å²) >= 11 is 0. The van der Waals surface area contributed by atoms with E-state index in [2.05, 4.69) is 26.1 Å². The topological polar surface area (TPSA) is 64.4 Å². The first kappa shape index (κ1) is 21.8. The van der Waals surface area contributed by atoms with Crippen molar-refractivity contribution in [3.05, 3.63) is 29.6 Å². The number of benzene rings is 1. The summed E-state index contributed by atoms with van der Waals surface area (Å²) in [5.74, 6) is 0.752. The largest absolute Gasteiger partial charge is 0.490 e. The summed E-state index contributed by atoms with van der Waals surface area (Å²) < 4.78 is 19.8. The minimum atomic E-state index is -0.331. The highest BCUT2D eigenvalue weighted by Crippen LogP contribution is 2.36. The molecule has 1 aromatic rings. The summed E-state index contributed by atoms with van der Waals surface area (Å²) in [4.78, 5) is 12.2. The van der Waals surface area contributed by atoms with Gasteiger partial charge in [-0.1, -0.05) is 33.3 Å². The zero-order valence-electron chi connectivity index (χ0n) is 17.0. The summed E-state index contributed by atoms with van der Waals surface area (Å²) in [5.41, 5.74) is 6.32. The van der Waals surface area contributed by atoms with Crippen molar-refractivity contribution in [3.63, 3.8) is 0 Å². The van der Waals surface area contributed by atoms with Crippen LogP contribution < -0.4 is 15.8 Å². The van der Waals surface area contributed by atoms with Crippen molar-refractivity contribution >= 4 is 5.78 Å². The fourth-order valence-corrected chi connectivity index (χ4v) is 3.17. The molecule has 0 saturated heterocycles. The summed E-state index contributed by atoms with van der Waals surface area (Å²) in [6, 6.07) is 4.97. The number of nitrogens with two attached hydrogens (primary N) is 1. The first-order valence-corrected chi connectivity index (χ1v) is 10.2. The molecule has 0 heterocycles. The highest BCUT2D eigenvalue weighted by atomic mass is 19.1. The van der Waals surface area contributed by atoms with Crippen LogP contribution >= 0.6 is 0 Å². The number of hydrogen-bond donors (Lipinski definition) is 2. The van der Waals surface area contributed by atoms with Gasteiger partial charge in [0, 0.05) is 12.5 Å². The van der Waals surface area contributed by atoms with Gasteiger partial charge in [0.25, 0.3) is 0 Å². The minimum absolute atomic E-state index is 0.0608. The van der Waals surface area contributed by atoms with Crippen molar-refractivity contribution in [1.82, 2.24) is 5.32 Å². The van der Waals surface area contributed by atoms with Crippen molar-refractivity contribution in [2.75, 3.05) is 19.7 Å². The van der Waals surface area contributed by atoms with Crippen LogP contribution in [0.1, 0.15) is 70.9 Å². The molecule has 1 fully saturated rings. The van der Waals surface area contributed by atoms with Gasteiger partial charge in [0.2, 0.25) is 0 Å². The van der Waals surface area contributed by atoms with Crippen molar-refractivity contribution in [2.45, 2.75) is 65.3 Å². The molecule has 5 heteroatoms. The van der Waals surface area contributed by atoms with Crippen molar-refractivity contribution in [2.24, 2.45) is 17.1 Å². The smallest absolute Gasteiger partial charge is 0.165 e. The first-order valence-electron chi connectivity index (χ1n) is 10.2. The van der Waals surface area contributed by atoms with Gasteiger partial charge >= 0.3 is 0 Å². The Morgan fingerprint density at radius 2 is 2.04 bits per heavy atom. The third kappa shape index (κ3) is 7.59. The van der Waals surface area contributed by atoms with Crippen LogP contribution in [0.4, 0.5) is 4.39 Å². The predicted octanol–water partition coefficient (Wildman–Crippen LogP) is 4.38. The molecule has 1 aliphatic rings. The number of halogens is 1. The van der Waals surface area contributed by atoms with Crippen LogP contribution in [0.2, 0.25) is 0 Å². The summed E-state index contributed by atoms with van der Waals surface area (Å²) in [5, 5.41) is 3.39. The van der Waals surface area contributed by atoms with E-state index in [1.165, 1.54) is 18.9 Å². The Morgan fingerprint density at radius 1 is 1.30 bits per heavy atom. The molecule has 0 aromatic heterocycles. The molecule has 3 N–H and O–H groups in total. The normalized spacial score (nSPS) is 15.6. The van der Waals surface area contributed by atoms with E-state index < -0.39 is 0 Å². The second-order valence-electron chi connectivity index (χ2n) is 8.76. The van der Waals surface area contributed by atoms with Crippen LogP contribution in [0, 0.1) is 17.2 Å². The summed E-state index contributed by atoms with van der Waals surface area (Å²) in [7, 11) is 0. The number of unbranched alkanes of at least 4 members (excludes halogenated alkanes) is 2. The first-order chi connectivity index (χ1) is 12.8. The van der Waals surface area contributed by atoms with Crippen molar-refractivity contribution in [1.29, 1.82) is 0 Å². The van der Waals surface area contributed by atoms with Crippen molar-refractivity contribution < 1.29 is 13.9 Å². The zero-order valence-corrected chi connectivity index (χ0v) is 17.0. The quantitative estimate of drug-likeness (QED) is 0.530. The maximum atomic E-state index is 14.1. The van der Waals surface area contributed by atoms with Gasteiger partial charge < -0.3 is 15.8 Å². The van der Waals surface area contributed by atoms with E-state index in [0.717, 1.165) is 24.8 Å². The fourth-order valence-electron chi connectivity index (χ4n) is 3.17. The molecule has 2 rings (SSSR count). The number of nitrogens with one attached hydrogen (secondary N) is 1. The van der Waals surface area contributed by atoms with Gasteiger partial charge in [0.05, 0.1) is 13.2 Å². The maximum Gasteiger partial charge on any atom is 0.165 e. The molecule has 27 heavy (non-hydrogen) atoms. The SMILES string of the molecule is CC(C)(C)C(NCC(=O)CCCCCN)c1ccc(F)c(OCC2CC2)c1. The predicted molar refractivity (Wildman–Crippen MR) is 107 cm³/mol. The number of hydrogen-bond acceptors (Lipinski definition) is 4. The average molecular weight is 379 g/mol. The van der Waals surface area contributed by atoms with Gasteiger partial charge in [-0.25, -0.2) is 4.39 Å². The molecule has 152 valence electrons. The van der Waals surface area contributed by atoms with Crippen LogP contribution in [0.25, 0.3) is 0 Å². The van der Waals surface area contributed by atoms with Gasteiger partial charge in [-0.2, -0.15) is 0 Å². The number of Topliss-reactive ketones (excluding diaryl/α,β-unsaturated/α-hetero) is 1. The molecule has 1 atom stereocenters. The standard InChI is InChI=1S/C22H35FN2O2/c1-22(2,3)21(25-14-18(26)7-5-4-6-12-24)17-10-11-19(23)20(13-17)27-15-16-8-9-16/h10-11,13,16,21,25H,4-9,12,14-15,24H2,1-3H3. The zero-order chi connectivity index (χ0) is 19.9. The molecule has 0 amide bonds. The molecule has 1 aromatic carbocycles. The number of ketones is 1. The van der Waals surface area contributed by atoms with E-state index in [1.54, 1.807) is 12.1 Å². The van der Waals surface area contributed by atoms with Crippen LogP contribution in [0.15, 0.2) is 18.2 Å². The third-order valence-electron chi connectivity index (χ3n) is 4.99. The molecule has 1 aliphatic carbocycles. The Hall–Kier alpha value is -1.46. The number of carbonyl (C=O) groups is 1. The average Bonchev–Trinajstić information content (AvgIpc) is 3.42. The molecule has 0 spiro atoms. The lowest BCUT2D eigenvalue weighted by molar-refractivity contribution is -0.118. The van der Waals surface area contributed by atoms with Gasteiger partial charge in [0.1, 0.15) is 5.78 Å². The van der Waals surface area contributed by atoms with E-state index in [9.17, 15) is 9.18 Å². The fraction of sp³-hybridized carbons (Fsp3) is 0.682. The van der Waals surface area contributed by atoms with E-state index in [4.69, 9.17) is 10.5 Å². The van der Waals surface area contributed by atoms with Gasteiger partial charge in [-0.05, 0) is 61.3 Å². The Kier molecular flexibility index (Phi) is 8.24. The number of ether oxygens (including phenoxy) is 1. The molecule has 1 unspecified atom stereocenters. The van der Waals surface area contributed by atoms with E-state index in [0.29, 0.717) is 37.8 Å². The maximum absolute atomic E-state index is 14.1. The molecule has 1 saturated carbocycles. The Bertz CT molecular complexity index is 609. The molecular weight excluding hydrogens is 343 g/mol. The van der Waals surface area contributed by atoms with Gasteiger partial charge in [0.15, 0.2) is 11.6 Å².